The second-order valence-corrected chi connectivity index (χ2v) is 9.40. The molecule has 0 unspecified atom stereocenters. The summed E-state index contributed by atoms with van der Waals surface area (Å²) in [5.74, 6) is -0.715. The summed E-state index contributed by atoms with van der Waals surface area (Å²) in [4.78, 5) is 12.4. The Kier molecular flexibility index (Phi) is 5.88. The van der Waals surface area contributed by atoms with E-state index in [1.54, 1.807) is 32.3 Å². The summed E-state index contributed by atoms with van der Waals surface area (Å²) in [6.45, 7) is 6.74. The van der Waals surface area contributed by atoms with Crippen LogP contribution in [0.4, 0.5) is 10.2 Å². The fraction of sp³-hybridized carbons (Fsp3) is 0.611. The summed E-state index contributed by atoms with van der Waals surface area (Å²) in [6.07, 6.45) is 0.906. The molecule has 0 spiro atoms. The summed E-state index contributed by atoms with van der Waals surface area (Å²) in [5.41, 5.74) is 5.67. The number of aromatic nitrogens is 4. The lowest BCUT2D eigenvalue weighted by molar-refractivity contribution is -0.191. The number of halogens is 1. The molecule has 0 aromatic carbocycles. The molecule has 2 aromatic heterocycles. The van der Waals surface area contributed by atoms with Crippen molar-refractivity contribution >= 4 is 24.6 Å². The Hall–Kier alpha value is -1.95. The monoisotopic (exact) mass is 457 g/mol. The lowest BCUT2D eigenvalue weighted by Gasteiger charge is -2.24. The molecule has 2 fully saturated rings. The minimum atomic E-state index is -4.10. The normalized spacial score (nSPS) is 28.4. The lowest BCUT2D eigenvalue weighted by atomic mass is 10.1. The maximum Gasteiger partial charge on any atom is 0.389 e. The largest absolute Gasteiger partial charge is 0.389 e. The first kappa shape index (κ1) is 22.3. The van der Waals surface area contributed by atoms with Crippen molar-refractivity contribution in [1.29, 1.82) is 0 Å². The topological polar surface area (TPSA) is 133 Å². The predicted molar refractivity (Wildman–Crippen MR) is 108 cm³/mol. The molecule has 4 heterocycles. The zero-order chi connectivity index (χ0) is 22.4. The molecule has 2 aliphatic rings. The number of imidazole rings is 1. The van der Waals surface area contributed by atoms with E-state index in [0.29, 0.717) is 11.2 Å². The lowest BCUT2D eigenvalue weighted by Crippen LogP contribution is -2.28. The predicted octanol–water partition coefficient (Wildman–Crippen LogP) is 2.90. The van der Waals surface area contributed by atoms with Gasteiger partial charge in [0.1, 0.15) is 30.2 Å². The van der Waals surface area contributed by atoms with Crippen molar-refractivity contribution in [1.82, 2.24) is 19.5 Å². The fourth-order valence-electron chi connectivity index (χ4n) is 3.75. The van der Waals surface area contributed by atoms with Crippen LogP contribution in [0.1, 0.15) is 33.9 Å². The van der Waals surface area contributed by atoms with Crippen LogP contribution in [0.3, 0.4) is 0 Å². The number of anilines is 1. The molecule has 170 valence electrons. The van der Waals surface area contributed by atoms with Gasteiger partial charge in [-0.3, -0.25) is 9.13 Å². The van der Waals surface area contributed by atoms with Crippen LogP contribution in [-0.2, 0) is 27.8 Å². The van der Waals surface area contributed by atoms with Crippen molar-refractivity contribution in [3.8, 4) is 0 Å². The van der Waals surface area contributed by atoms with Gasteiger partial charge in [-0.25, -0.2) is 15.0 Å². The van der Waals surface area contributed by atoms with Crippen LogP contribution >= 0.6 is 7.60 Å². The number of nitrogen functional groups attached to an aromatic ring is 1. The Morgan fingerprint density at radius 2 is 1.94 bits per heavy atom. The van der Waals surface area contributed by atoms with Gasteiger partial charge in [0.15, 0.2) is 23.5 Å². The zero-order valence-electron chi connectivity index (χ0n) is 17.6. The third kappa shape index (κ3) is 3.99. The van der Waals surface area contributed by atoms with Crippen LogP contribution in [0.5, 0.6) is 0 Å². The number of rotatable bonds is 7. The van der Waals surface area contributed by atoms with Gasteiger partial charge in [-0.05, 0) is 33.8 Å². The van der Waals surface area contributed by atoms with Gasteiger partial charge in [0.05, 0.1) is 19.5 Å². The molecule has 0 bridgehead atoms. The molecule has 0 saturated carbocycles. The highest BCUT2D eigenvalue weighted by molar-refractivity contribution is 7.58. The first-order valence-corrected chi connectivity index (χ1v) is 11.4. The average molecular weight is 457 g/mol. The second kappa shape index (κ2) is 8.19. The molecule has 31 heavy (non-hydrogen) atoms. The third-order valence-corrected chi connectivity index (χ3v) is 6.76. The number of hydrogen-bond acceptors (Lipinski definition) is 10. The van der Waals surface area contributed by atoms with Gasteiger partial charge in [-0.2, -0.15) is 4.39 Å². The number of fused-ring (bicyclic) bond motifs is 2. The third-order valence-electron chi connectivity index (χ3n) is 4.89. The van der Waals surface area contributed by atoms with Crippen LogP contribution in [0.15, 0.2) is 24.3 Å². The van der Waals surface area contributed by atoms with Gasteiger partial charge >= 0.3 is 7.60 Å². The Bertz CT molecular complexity index is 1040. The highest BCUT2D eigenvalue weighted by Crippen LogP contribution is 2.57. The van der Waals surface area contributed by atoms with Crippen molar-refractivity contribution < 1.29 is 32.2 Å². The van der Waals surface area contributed by atoms with E-state index in [1.807, 2.05) is 0 Å². The first-order chi connectivity index (χ1) is 14.7. The Morgan fingerprint density at radius 1 is 1.26 bits per heavy atom. The summed E-state index contributed by atoms with van der Waals surface area (Å²) < 4.78 is 57.6. The van der Waals surface area contributed by atoms with E-state index in [2.05, 4.69) is 15.0 Å². The van der Waals surface area contributed by atoms with Crippen molar-refractivity contribution in [3.63, 3.8) is 0 Å². The van der Waals surface area contributed by atoms with Crippen LogP contribution in [0.2, 0.25) is 0 Å². The van der Waals surface area contributed by atoms with E-state index in [4.69, 9.17) is 29.0 Å². The highest BCUT2D eigenvalue weighted by atomic mass is 31.2. The number of hydrogen-bond donors (Lipinski definition) is 1. The molecule has 2 aromatic rings. The molecule has 11 nitrogen and oxygen atoms in total. The van der Waals surface area contributed by atoms with Gasteiger partial charge in [0, 0.05) is 0 Å². The summed E-state index contributed by atoms with van der Waals surface area (Å²) in [5, 5.41) is 0. The van der Waals surface area contributed by atoms with E-state index in [9.17, 15) is 4.57 Å². The van der Waals surface area contributed by atoms with E-state index in [0.717, 1.165) is 6.08 Å². The summed E-state index contributed by atoms with van der Waals surface area (Å²) in [7, 11) is -4.10. The molecule has 4 atom stereocenters. The molecule has 2 N–H and O–H groups in total. The minimum Gasteiger partial charge on any atom is -0.382 e. The standard InChI is InChI=1S/C18H25FN5O6P/c1-5-26-31(25,27-6-2)11(19)7-10-13-14(30-18(3,4)29-13)17(28-10)24-9-23-12-15(20)21-8-22-16(12)24/h7-10,13-14,17H,5-6H2,1-4H3,(H2,20,21,22)/b11-7+/t10-,13-,14-,17-/m1/s1. The van der Waals surface area contributed by atoms with Crippen LogP contribution in [0, 0.1) is 0 Å². The van der Waals surface area contributed by atoms with E-state index in [1.165, 1.54) is 12.7 Å². The molecular formula is C18H25FN5O6P. The maximum absolute atomic E-state index is 15.0. The Balaban J connectivity index is 1.70. The van der Waals surface area contributed by atoms with Crippen molar-refractivity contribution in [2.45, 2.75) is 58.0 Å². The number of nitrogens with zero attached hydrogens (tertiary/aromatic N) is 4. The summed E-state index contributed by atoms with van der Waals surface area (Å²) in [6, 6.07) is 0. The summed E-state index contributed by atoms with van der Waals surface area (Å²) >= 11 is 0. The molecule has 0 aliphatic carbocycles. The van der Waals surface area contributed by atoms with Crippen molar-refractivity contribution in [2.75, 3.05) is 18.9 Å². The fourth-order valence-corrected chi connectivity index (χ4v) is 5.08. The zero-order valence-corrected chi connectivity index (χ0v) is 18.5. The molecule has 4 rings (SSSR count). The smallest absolute Gasteiger partial charge is 0.382 e. The second-order valence-electron chi connectivity index (χ2n) is 7.46. The average Bonchev–Trinajstić information content (AvgIpc) is 3.34. The van der Waals surface area contributed by atoms with Gasteiger partial charge in [0.2, 0.25) is 5.57 Å². The SMILES string of the molecule is CCOP(=O)(OCC)/C(F)=C/[C@H]1O[C@@H](n2cnc3c(N)ncnc32)[C@@H]2OC(C)(C)O[C@@H]21. The van der Waals surface area contributed by atoms with Gasteiger partial charge in [0.25, 0.3) is 0 Å². The van der Waals surface area contributed by atoms with Crippen molar-refractivity contribution in [3.05, 3.63) is 24.3 Å². The van der Waals surface area contributed by atoms with E-state index >= 15 is 4.39 Å². The highest BCUT2D eigenvalue weighted by Gasteiger charge is 2.56. The molecule has 2 saturated heterocycles. The van der Waals surface area contributed by atoms with E-state index in [-0.39, 0.29) is 19.0 Å². The minimum absolute atomic E-state index is 0.0214. The molecule has 0 amide bonds. The number of ether oxygens (including phenoxy) is 3. The molecule has 13 heteroatoms. The van der Waals surface area contributed by atoms with Gasteiger partial charge in [-0.1, -0.05) is 0 Å². The maximum atomic E-state index is 15.0. The molecule has 2 aliphatic heterocycles. The quantitative estimate of drug-likeness (QED) is 0.619. The molecular weight excluding hydrogens is 432 g/mol. The number of nitrogens with two attached hydrogens (primary N) is 1. The van der Waals surface area contributed by atoms with Crippen molar-refractivity contribution in [2.24, 2.45) is 0 Å². The van der Waals surface area contributed by atoms with Crippen LogP contribution in [0.25, 0.3) is 11.2 Å². The Morgan fingerprint density at radius 3 is 2.61 bits per heavy atom. The van der Waals surface area contributed by atoms with Crippen LogP contribution in [-0.4, -0.2) is 56.8 Å². The first-order valence-electron chi connectivity index (χ1n) is 9.90. The van der Waals surface area contributed by atoms with Gasteiger partial charge < -0.3 is 29.0 Å². The van der Waals surface area contributed by atoms with Gasteiger partial charge in [-0.15, -0.1) is 0 Å². The Labute approximate surface area is 178 Å². The molecule has 0 radical (unpaired) electrons. The van der Waals surface area contributed by atoms with E-state index < -0.39 is 43.5 Å². The van der Waals surface area contributed by atoms with Crippen LogP contribution < -0.4 is 5.73 Å².